The highest BCUT2D eigenvalue weighted by molar-refractivity contribution is 14.1. The number of halogens is 2. The van der Waals surface area contributed by atoms with Gasteiger partial charge in [0.05, 0.1) is 25.0 Å². The zero-order valence-corrected chi connectivity index (χ0v) is 23.2. The summed E-state index contributed by atoms with van der Waals surface area (Å²) >= 11 is 4.39. The molecule has 0 aliphatic carbocycles. The average Bonchev–Trinajstić information content (AvgIpc) is 2.84. The highest BCUT2D eigenvalue weighted by Gasteiger charge is 2.10. The van der Waals surface area contributed by atoms with E-state index in [4.69, 9.17) is 10.00 Å². The Labute approximate surface area is 231 Å². The number of anilines is 1. The molecular formula is C26H22I2N4O3. The molecule has 0 fully saturated rings. The second kappa shape index (κ2) is 13.2. The number of nitrogens with one attached hydrogen (secondary N) is 2. The predicted molar refractivity (Wildman–Crippen MR) is 152 cm³/mol. The zero-order valence-electron chi connectivity index (χ0n) is 18.8. The first kappa shape index (κ1) is 26.6. The summed E-state index contributed by atoms with van der Waals surface area (Å²) in [6, 6.07) is 20.7. The number of para-hydroxylation sites is 1. The van der Waals surface area contributed by atoms with E-state index in [0.29, 0.717) is 12.2 Å². The van der Waals surface area contributed by atoms with Gasteiger partial charge in [-0.15, -0.1) is 0 Å². The fourth-order valence-electron chi connectivity index (χ4n) is 3.01. The SMILES string of the molecule is Cc1ccccc1NC(=O)CCC(=O)NN=Cc1cc(I)c(OCc2ccc(C#N)cc2)c(I)c1. The van der Waals surface area contributed by atoms with Gasteiger partial charge in [-0.1, -0.05) is 30.3 Å². The van der Waals surface area contributed by atoms with Crippen molar-refractivity contribution in [3.8, 4) is 11.8 Å². The van der Waals surface area contributed by atoms with E-state index in [-0.39, 0.29) is 24.7 Å². The molecule has 0 saturated heterocycles. The number of carbonyl (C=O) groups is 2. The second-order valence-corrected chi connectivity index (χ2v) is 9.89. The minimum absolute atomic E-state index is 0.0340. The summed E-state index contributed by atoms with van der Waals surface area (Å²) in [5.41, 5.74) is 6.55. The fraction of sp³-hybridized carbons (Fsp3) is 0.154. The summed E-state index contributed by atoms with van der Waals surface area (Å²) in [5.74, 6) is 0.198. The highest BCUT2D eigenvalue weighted by Crippen LogP contribution is 2.29. The van der Waals surface area contributed by atoms with Crippen LogP contribution in [0.4, 0.5) is 5.69 Å². The maximum absolute atomic E-state index is 12.1. The van der Waals surface area contributed by atoms with Crippen molar-refractivity contribution in [2.45, 2.75) is 26.4 Å². The molecule has 7 nitrogen and oxygen atoms in total. The Morgan fingerprint density at radius 2 is 1.69 bits per heavy atom. The van der Waals surface area contributed by atoms with Gasteiger partial charge in [0.15, 0.2) is 0 Å². The molecule has 0 bridgehead atoms. The van der Waals surface area contributed by atoms with Gasteiger partial charge >= 0.3 is 0 Å². The van der Waals surface area contributed by atoms with Crippen LogP contribution in [0.1, 0.15) is 35.1 Å². The predicted octanol–water partition coefficient (Wildman–Crippen LogP) is 5.52. The normalized spacial score (nSPS) is 10.6. The van der Waals surface area contributed by atoms with E-state index in [9.17, 15) is 9.59 Å². The third-order valence-electron chi connectivity index (χ3n) is 4.89. The summed E-state index contributed by atoms with van der Waals surface area (Å²) < 4.78 is 7.79. The molecule has 0 aliphatic heterocycles. The van der Waals surface area contributed by atoms with Crippen LogP contribution < -0.4 is 15.5 Å². The molecule has 178 valence electrons. The number of benzene rings is 3. The Bertz CT molecular complexity index is 1260. The number of nitriles is 1. The van der Waals surface area contributed by atoms with Crippen molar-refractivity contribution in [2.75, 3.05) is 5.32 Å². The lowest BCUT2D eigenvalue weighted by atomic mass is 10.1. The number of rotatable bonds is 9. The number of carbonyl (C=O) groups excluding carboxylic acids is 2. The van der Waals surface area contributed by atoms with Crippen LogP contribution in [0.25, 0.3) is 0 Å². The van der Waals surface area contributed by atoms with Gasteiger partial charge in [-0.25, -0.2) is 5.43 Å². The topological polar surface area (TPSA) is 104 Å². The molecular weight excluding hydrogens is 670 g/mol. The Morgan fingerprint density at radius 3 is 2.34 bits per heavy atom. The molecule has 0 aliphatic rings. The highest BCUT2D eigenvalue weighted by atomic mass is 127. The number of hydrogen-bond donors (Lipinski definition) is 2. The van der Waals surface area contributed by atoms with E-state index >= 15 is 0 Å². The molecule has 0 saturated carbocycles. The van der Waals surface area contributed by atoms with Gasteiger partial charge in [-0.3, -0.25) is 9.59 Å². The Balaban J connectivity index is 1.48. The number of nitrogens with zero attached hydrogens (tertiary/aromatic N) is 2. The van der Waals surface area contributed by atoms with Crippen LogP contribution in [0.2, 0.25) is 0 Å². The van der Waals surface area contributed by atoms with E-state index < -0.39 is 0 Å². The molecule has 0 aromatic heterocycles. The summed E-state index contributed by atoms with van der Waals surface area (Å²) in [4.78, 5) is 24.1. The van der Waals surface area contributed by atoms with Crippen molar-refractivity contribution < 1.29 is 14.3 Å². The molecule has 3 rings (SSSR count). The van der Waals surface area contributed by atoms with Gasteiger partial charge in [0.2, 0.25) is 11.8 Å². The molecule has 0 radical (unpaired) electrons. The maximum atomic E-state index is 12.1. The van der Waals surface area contributed by atoms with Crippen molar-refractivity contribution in [1.29, 1.82) is 5.26 Å². The summed E-state index contributed by atoms with van der Waals surface area (Å²) in [6.45, 7) is 2.30. The Hall–Kier alpha value is -2.98. The molecule has 2 amide bonds. The van der Waals surface area contributed by atoms with Crippen LogP contribution in [-0.4, -0.2) is 18.0 Å². The zero-order chi connectivity index (χ0) is 25.2. The molecule has 9 heteroatoms. The molecule has 0 unspecified atom stereocenters. The molecule has 3 aromatic rings. The van der Waals surface area contributed by atoms with Crippen LogP contribution >= 0.6 is 45.2 Å². The first-order valence-corrected chi connectivity index (χ1v) is 12.8. The number of amides is 2. The van der Waals surface area contributed by atoms with Crippen molar-refractivity contribution >= 4 is 68.9 Å². The molecule has 0 spiro atoms. The second-order valence-electron chi connectivity index (χ2n) is 7.57. The lowest BCUT2D eigenvalue weighted by molar-refractivity contribution is -0.124. The van der Waals surface area contributed by atoms with Crippen molar-refractivity contribution in [2.24, 2.45) is 5.10 Å². The maximum Gasteiger partial charge on any atom is 0.240 e. The van der Waals surface area contributed by atoms with Gasteiger partial charge in [-0.05, 0) is 99.1 Å². The summed E-state index contributed by atoms with van der Waals surface area (Å²) in [7, 11) is 0. The molecule has 35 heavy (non-hydrogen) atoms. The molecule has 0 heterocycles. The summed E-state index contributed by atoms with van der Waals surface area (Å²) in [5, 5.41) is 15.7. The third-order valence-corrected chi connectivity index (χ3v) is 6.49. The first-order valence-electron chi connectivity index (χ1n) is 10.6. The Kier molecular flexibility index (Phi) is 10.0. The van der Waals surface area contributed by atoms with Crippen LogP contribution in [0.5, 0.6) is 5.75 Å². The number of ether oxygens (including phenoxy) is 1. The molecule has 3 aromatic carbocycles. The molecule has 0 atom stereocenters. The van der Waals surface area contributed by atoms with Crippen LogP contribution in [-0.2, 0) is 16.2 Å². The van der Waals surface area contributed by atoms with E-state index in [2.05, 4.69) is 67.1 Å². The minimum Gasteiger partial charge on any atom is -0.487 e. The fourth-order valence-corrected chi connectivity index (χ4v) is 5.14. The largest absolute Gasteiger partial charge is 0.487 e. The van der Waals surface area contributed by atoms with E-state index in [1.165, 1.54) is 0 Å². The first-order chi connectivity index (χ1) is 16.9. The third kappa shape index (κ3) is 8.32. The van der Waals surface area contributed by atoms with Gasteiger partial charge < -0.3 is 10.1 Å². The van der Waals surface area contributed by atoms with Gasteiger partial charge in [-0.2, -0.15) is 10.4 Å². The average molecular weight is 692 g/mol. The standard InChI is InChI=1S/C26H22I2N4O3/c1-17-4-2-3-5-23(17)31-24(33)10-11-25(34)32-30-15-20-12-21(27)26(22(28)13-20)35-16-19-8-6-18(14-29)7-9-19/h2-9,12-13,15H,10-11,16H2,1H3,(H,31,33)(H,32,34). The lowest BCUT2D eigenvalue weighted by Gasteiger charge is -2.11. The van der Waals surface area contributed by atoms with Gasteiger partial charge in [0, 0.05) is 18.5 Å². The van der Waals surface area contributed by atoms with E-state index in [1.807, 2.05) is 55.5 Å². The monoisotopic (exact) mass is 692 g/mol. The quantitative estimate of drug-likeness (QED) is 0.175. The van der Waals surface area contributed by atoms with Crippen molar-refractivity contribution in [3.05, 3.63) is 90.1 Å². The Morgan fingerprint density at radius 1 is 1.03 bits per heavy atom. The number of aryl methyl sites for hydroxylation is 1. The van der Waals surface area contributed by atoms with Crippen LogP contribution in [0.15, 0.2) is 65.8 Å². The number of hydrazone groups is 1. The van der Waals surface area contributed by atoms with Crippen LogP contribution in [0, 0.1) is 25.4 Å². The smallest absolute Gasteiger partial charge is 0.240 e. The van der Waals surface area contributed by atoms with Crippen molar-refractivity contribution in [3.63, 3.8) is 0 Å². The molecule has 2 N–H and O–H groups in total. The summed E-state index contributed by atoms with van der Waals surface area (Å²) in [6.07, 6.45) is 1.66. The van der Waals surface area contributed by atoms with Gasteiger partial charge in [0.1, 0.15) is 12.4 Å². The number of hydrogen-bond acceptors (Lipinski definition) is 5. The van der Waals surface area contributed by atoms with Crippen molar-refractivity contribution in [1.82, 2.24) is 5.43 Å². The van der Waals surface area contributed by atoms with Gasteiger partial charge in [0.25, 0.3) is 0 Å². The lowest BCUT2D eigenvalue weighted by Crippen LogP contribution is -2.20. The van der Waals surface area contributed by atoms with E-state index in [0.717, 1.165) is 35.3 Å². The van der Waals surface area contributed by atoms with Crippen LogP contribution in [0.3, 0.4) is 0 Å². The minimum atomic E-state index is -0.340. The van der Waals surface area contributed by atoms with E-state index in [1.54, 1.807) is 18.3 Å².